The first-order valence-electron chi connectivity index (χ1n) is 12.6. The molecule has 0 fully saturated rings. The Kier molecular flexibility index (Phi) is 10.1. The molecule has 3 N–H and O–H groups in total. The summed E-state index contributed by atoms with van der Waals surface area (Å²) < 4.78 is 1.65. The van der Waals surface area contributed by atoms with Gasteiger partial charge in [-0.1, -0.05) is 48.1 Å². The Morgan fingerprint density at radius 3 is 2.71 bits per heavy atom. The molecule has 1 aromatic carbocycles. The fourth-order valence-electron chi connectivity index (χ4n) is 3.92. The summed E-state index contributed by atoms with van der Waals surface area (Å²) in [6.45, 7) is 11.2. The van der Waals surface area contributed by atoms with E-state index in [2.05, 4.69) is 22.2 Å². The minimum Gasteiger partial charge on any atom is -0.385 e. The molecule has 1 amide bonds. The van der Waals surface area contributed by atoms with Crippen molar-refractivity contribution in [3.05, 3.63) is 130 Å². The molecular formula is C31H35N5O2. The molecule has 38 heavy (non-hydrogen) atoms. The van der Waals surface area contributed by atoms with E-state index in [1.807, 2.05) is 57.2 Å². The molecule has 7 heteroatoms. The molecular weight excluding hydrogens is 474 g/mol. The minimum absolute atomic E-state index is 0.0403. The molecule has 0 bridgehead atoms. The lowest BCUT2D eigenvalue weighted by Gasteiger charge is -2.14. The Hall–Kier alpha value is -4.52. The van der Waals surface area contributed by atoms with Crippen LogP contribution in [0.1, 0.15) is 40.9 Å². The molecule has 2 aromatic heterocycles. The van der Waals surface area contributed by atoms with E-state index < -0.39 is 0 Å². The van der Waals surface area contributed by atoms with Gasteiger partial charge in [0.05, 0.1) is 17.8 Å². The van der Waals surface area contributed by atoms with Crippen LogP contribution in [-0.2, 0) is 13.0 Å². The Balaban J connectivity index is 1.65. The average Bonchev–Trinajstić information content (AvgIpc) is 2.92. The van der Waals surface area contributed by atoms with Crippen LogP contribution in [0.4, 0.5) is 5.69 Å². The number of nitrogens with one attached hydrogen (secondary N) is 3. The van der Waals surface area contributed by atoms with Crippen LogP contribution in [0.25, 0.3) is 0 Å². The first-order chi connectivity index (χ1) is 18.3. The van der Waals surface area contributed by atoms with Crippen molar-refractivity contribution in [3.8, 4) is 0 Å². The summed E-state index contributed by atoms with van der Waals surface area (Å²) in [5.74, 6) is -0.282. The summed E-state index contributed by atoms with van der Waals surface area (Å²) in [5.41, 5.74) is 6.30. The number of rotatable bonds is 12. The molecule has 0 aliphatic rings. The number of benzene rings is 1. The van der Waals surface area contributed by atoms with Crippen LogP contribution < -0.4 is 16.2 Å². The van der Waals surface area contributed by atoms with Crippen molar-refractivity contribution in [1.29, 1.82) is 5.41 Å². The SMILES string of the molecule is C=C/C(=C\C=C(/C)Cn1ccccc1=O)Cc1cncc(C(=O)NCC(=N)c2cc(C)ccc2NCC)c1. The molecule has 0 unspecified atom stereocenters. The normalized spacial score (nSPS) is 11.7. The number of amides is 1. The van der Waals surface area contributed by atoms with Gasteiger partial charge in [-0.05, 0) is 62.6 Å². The molecule has 3 aromatic rings. The van der Waals surface area contributed by atoms with Gasteiger partial charge >= 0.3 is 0 Å². The van der Waals surface area contributed by atoms with E-state index in [0.29, 0.717) is 24.2 Å². The largest absolute Gasteiger partial charge is 0.385 e. The van der Waals surface area contributed by atoms with Crippen molar-refractivity contribution >= 4 is 17.3 Å². The summed E-state index contributed by atoms with van der Waals surface area (Å²) in [5, 5.41) is 14.6. The lowest BCUT2D eigenvalue weighted by molar-refractivity contribution is 0.0959. The number of pyridine rings is 2. The predicted molar refractivity (Wildman–Crippen MR) is 155 cm³/mol. The fourth-order valence-corrected chi connectivity index (χ4v) is 3.92. The minimum atomic E-state index is -0.282. The van der Waals surface area contributed by atoms with Gasteiger partial charge in [-0.15, -0.1) is 0 Å². The molecule has 0 atom stereocenters. The Bertz CT molecular complexity index is 1430. The van der Waals surface area contributed by atoms with Crippen LogP contribution in [0.2, 0.25) is 0 Å². The topological polar surface area (TPSA) is 99.9 Å². The number of carbonyl (C=O) groups is 1. The fraction of sp³-hybridized carbons (Fsp3) is 0.226. The summed E-state index contributed by atoms with van der Waals surface area (Å²) >= 11 is 0. The van der Waals surface area contributed by atoms with Crippen molar-refractivity contribution in [1.82, 2.24) is 14.9 Å². The number of hydrogen-bond donors (Lipinski definition) is 3. The zero-order valence-electron chi connectivity index (χ0n) is 22.3. The highest BCUT2D eigenvalue weighted by atomic mass is 16.1. The number of allylic oxidation sites excluding steroid dienone is 5. The number of aromatic nitrogens is 2. The monoisotopic (exact) mass is 509 g/mol. The number of nitrogens with zero attached hydrogens (tertiary/aromatic N) is 2. The van der Waals surface area contributed by atoms with E-state index in [9.17, 15) is 9.59 Å². The van der Waals surface area contributed by atoms with Crippen LogP contribution in [0, 0.1) is 12.3 Å². The quantitative estimate of drug-likeness (QED) is 0.234. The van der Waals surface area contributed by atoms with Gasteiger partial charge in [0.25, 0.3) is 11.5 Å². The zero-order valence-corrected chi connectivity index (χ0v) is 22.3. The van der Waals surface area contributed by atoms with Gasteiger partial charge in [-0.3, -0.25) is 14.6 Å². The third-order valence-corrected chi connectivity index (χ3v) is 5.92. The van der Waals surface area contributed by atoms with Crippen molar-refractivity contribution in [2.75, 3.05) is 18.4 Å². The van der Waals surface area contributed by atoms with Crippen LogP contribution >= 0.6 is 0 Å². The summed E-state index contributed by atoms with van der Waals surface area (Å²) in [7, 11) is 0. The van der Waals surface area contributed by atoms with Crippen LogP contribution in [0.5, 0.6) is 0 Å². The standard InChI is InChI=1S/C31H35N5O2/c1-5-24(12-10-23(4)21-36-14-8-7-9-30(36)37)16-25-17-26(19-33-18-25)31(38)35-20-28(32)27-15-22(3)11-13-29(27)34-6-2/h5,7-15,17-19,32,34H,1,6,16,20-21H2,2-4H3,(H,35,38)/b23-10+,24-12+,32-28?. The maximum atomic E-state index is 12.8. The molecule has 0 aliphatic carbocycles. The van der Waals surface area contributed by atoms with Crippen LogP contribution in [0.3, 0.4) is 0 Å². The van der Waals surface area contributed by atoms with Gasteiger partial charge in [0.1, 0.15) is 0 Å². The Morgan fingerprint density at radius 2 is 1.97 bits per heavy atom. The highest BCUT2D eigenvalue weighted by Gasteiger charge is 2.12. The van der Waals surface area contributed by atoms with Gasteiger partial charge in [0, 0.05) is 49.0 Å². The smallest absolute Gasteiger partial charge is 0.253 e. The van der Waals surface area contributed by atoms with Crippen LogP contribution in [0.15, 0.2) is 102 Å². The van der Waals surface area contributed by atoms with Crippen molar-refractivity contribution in [3.63, 3.8) is 0 Å². The van der Waals surface area contributed by atoms with Gasteiger partial charge in [0.15, 0.2) is 0 Å². The van der Waals surface area contributed by atoms with E-state index >= 15 is 0 Å². The highest BCUT2D eigenvalue weighted by molar-refractivity contribution is 6.06. The van der Waals surface area contributed by atoms with Gasteiger partial charge in [-0.25, -0.2) is 0 Å². The van der Waals surface area contributed by atoms with Gasteiger partial charge < -0.3 is 20.6 Å². The van der Waals surface area contributed by atoms with Crippen molar-refractivity contribution < 1.29 is 4.79 Å². The van der Waals surface area contributed by atoms with E-state index in [-0.39, 0.29) is 18.0 Å². The summed E-state index contributed by atoms with van der Waals surface area (Å²) in [6.07, 6.45) is 11.3. The van der Waals surface area contributed by atoms with Gasteiger partial charge in [0.2, 0.25) is 0 Å². The zero-order chi connectivity index (χ0) is 27.5. The third kappa shape index (κ3) is 8.00. The second-order valence-electron chi connectivity index (χ2n) is 9.12. The number of aryl methyl sites for hydroxylation is 1. The second-order valence-corrected chi connectivity index (χ2v) is 9.12. The number of anilines is 1. The first-order valence-corrected chi connectivity index (χ1v) is 12.6. The average molecular weight is 510 g/mol. The highest BCUT2D eigenvalue weighted by Crippen LogP contribution is 2.18. The molecule has 0 spiro atoms. The van der Waals surface area contributed by atoms with Crippen molar-refractivity contribution in [2.24, 2.45) is 0 Å². The van der Waals surface area contributed by atoms with Crippen molar-refractivity contribution in [2.45, 2.75) is 33.7 Å². The summed E-state index contributed by atoms with van der Waals surface area (Å²) in [6, 6.07) is 12.8. The lowest BCUT2D eigenvalue weighted by Crippen LogP contribution is -2.30. The predicted octanol–water partition coefficient (Wildman–Crippen LogP) is 5.08. The molecule has 0 radical (unpaired) electrons. The molecule has 3 rings (SSSR count). The Morgan fingerprint density at radius 1 is 1.16 bits per heavy atom. The first kappa shape index (κ1) is 28.1. The molecule has 196 valence electrons. The second kappa shape index (κ2) is 13.7. The Labute approximate surface area is 224 Å². The maximum Gasteiger partial charge on any atom is 0.253 e. The molecule has 0 saturated carbocycles. The van der Waals surface area contributed by atoms with E-state index in [1.54, 1.807) is 41.2 Å². The van der Waals surface area contributed by atoms with E-state index in [0.717, 1.165) is 40.1 Å². The van der Waals surface area contributed by atoms with E-state index in [4.69, 9.17) is 5.41 Å². The third-order valence-electron chi connectivity index (χ3n) is 5.92. The van der Waals surface area contributed by atoms with Gasteiger partial charge in [-0.2, -0.15) is 0 Å². The number of carbonyl (C=O) groups excluding carboxylic acids is 1. The summed E-state index contributed by atoms with van der Waals surface area (Å²) in [4.78, 5) is 29.0. The maximum absolute atomic E-state index is 12.8. The molecule has 2 heterocycles. The molecule has 7 nitrogen and oxygen atoms in total. The molecule has 0 saturated heterocycles. The van der Waals surface area contributed by atoms with E-state index in [1.165, 1.54) is 6.20 Å². The molecule has 0 aliphatic heterocycles. The number of hydrogen-bond acceptors (Lipinski definition) is 5. The lowest BCUT2D eigenvalue weighted by atomic mass is 10.0. The van der Waals surface area contributed by atoms with Crippen LogP contribution in [-0.4, -0.2) is 34.3 Å².